The minimum atomic E-state index is -0.664. The Morgan fingerprint density at radius 1 is 0.529 bits per heavy atom. The topological polar surface area (TPSA) is 71.1 Å². The zero-order valence-corrected chi connectivity index (χ0v) is 9.81. The Morgan fingerprint density at radius 2 is 0.882 bits per heavy atom. The molecule has 1 saturated heterocycles. The molecule has 1 aliphatic rings. The van der Waals surface area contributed by atoms with Crippen LogP contribution in [-0.2, 0) is 18.9 Å². The Balaban J connectivity index is 2.23. The second kappa shape index (κ2) is 8.66. The number of cyclic esters (lactones) is 4. The summed E-state index contributed by atoms with van der Waals surface area (Å²) in [7, 11) is 0. The summed E-state index contributed by atoms with van der Waals surface area (Å²) < 4.78 is 19.2. The monoisotopic (exact) mass is 246 g/mol. The lowest BCUT2D eigenvalue weighted by Crippen LogP contribution is -2.12. The van der Waals surface area contributed by atoms with Crippen LogP contribution in [0.25, 0.3) is 0 Å². The summed E-state index contributed by atoms with van der Waals surface area (Å²) in [6.07, 6.45) is 2.53. The molecule has 0 N–H and O–H groups in total. The third kappa shape index (κ3) is 7.43. The molecule has 98 valence electrons. The lowest BCUT2D eigenvalue weighted by Gasteiger charge is -2.06. The predicted molar refractivity (Wildman–Crippen MR) is 57.7 cm³/mol. The van der Waals surface area contributed by atoms with Crippen LogP contribution in [-0.4, -0.2) is 38.7 Å². The molecular formula is C11H18O6. The maximum atomic E-state index is 11.0. The smallest absolute Gasteiger partial charge is 0.434 e. The van der Waals surface area contributed by atoms with Crippen molar-refractivity contribution in [2.45, 2.75) is 32.1 Å². The van der Waals surface area contributed by atoms with Gasteiger partial charge in [-0.3, -0.25) is 0 Å². The van der Waals surface area contributed by atoms with Gasteiger partial charge in [-0.05, 0) is 25.7 Å². The Kier molecular flexibility index (Phi) is 6.93. The molecule has 6 nitrogen and oxygen atoms in total. The van der Waals surface area contributed by atoms with Gasteiger partial charge in [0.05, 0.1) is 26.4 Å². The minimum absolute atomic E-state index is 0.173. The highest BCUT2D eigenvalue weighted by atomic mass is 16.7. The summed E-state index contributed by atoms with van der Waals surface area (Å²) in [5, 5.41) is 0. The van der Waals surface area contributed by atoms with E-state index in [9.17, 15) is 9.59 Å². The van der Waals surface area contributed by atoms with Crippen LogP contribution in [0.15, 0.2) is 0 Å². The standard InChI is InChI=1S/C11H18O6/c12-10-14-6-3-1-2-4-7-15-11(13)17-9-5-8-16-10/h1-9H2. The minimum Gasteiger partial charge on any atom is -0.434 e. The lowest BCUT2D eigenvalue weighted by molar-refractivity contribution is 0.0381. The SMILES string of the molecule is O=C1OCCCCCCOC(=O)OCCCO1. The molecule has 0 aromatic carbocycles. The fourth-order valence-electron chi connectivity index (χ4n) is 1.32. The van der Waals surface area contributed by atoms with E-state index in [2.05, 4.69) is 0 Å². The van der Waals surface area contributed by atoms with Crippen molar-refractivity contribution in [1.82, 2.24) is 0 Å². The number of hydrogen-bond donors (Lipinski definition) is 0. The second-order valence-corrected chi connectivity index (χ2v) is 3.66. The van der Waals surface area contributed by atoms with Crippen molar-refractivity contribution in [2.75, 3.05) is 26.4 Å². The first-order valence-corrected chi connectivity index (χ1v) is 5.88. The summed E-state index contributed by atoms with van der Waals surface area (Å²) in [4.78, 5) is 22.0. The predicted octanol–water partition coefficient (Wildman–Crippen LogP) is 2.26. The van der Waals surface area contributed by atoms with Gasteiger partial charge >= 0.3 is 12.3 Å². The highest BCUT2D eigenvalue weighted by Crippen LogP contribution is 2.03. The Bertz CT molecular complexity index is 216. The molecule has 0 atom stereocenters. The number of carbonyl (C=O) groups is 2. The molecule has 1 rings (SSSR count). The average molecular weight is 246 g/mol. The van der Waals surface area contributed by atoms with Gasteiger partial charge in [0, 0.05) is 6.42 Å². The molecule has 6 heteroatoms. The molecule has 0 aromatic heterocycles. The summed E-state index contributed by atoms with van der Waals surface area (Å²) in [6, 6.07) is 0. The molecule has 0 spiro atoms. The molecule has 0 aliphatic carbocycles. The van der Waals surface area contributed by atoms with Gasteiger partial charge in [0.1, 0.15) is 0 Å². The van der Waals surface area contributed by atoms with E-state index in [0.29, 0.717) is 19.6 Å². The molecule has 1 aliphatic heterocycles. The van der Waals surface area contributed by atoms with E-state index in [1.807, 2.05) is 0 Å². The van der Waals surface area contributed by atoms with Gasteiger partial charge in [-0.25, -0.2) is 9.59 Å². The number of hydrogen-bond acceptors (Lipinski definition) is 6. The van der Waals surface area contributed by atoms with Gasteiger partial charge in [0.15, 0.2) is 0 Å². The molecule has 0 amide bonds. The number of rotatable bonds is 0. The van der Waals surface area contributed by atoms with Crippen LogP contribution in [0.2, 0.25) is 0 Å². The van der Waals surface area contributed by atoms with Gasteiger partial charge in [0.2, 0.25) is 0 Å². The fourth-order valence-corrected chi connectivity index (χ4v) is 1.32. The van der Waals surface area contributed by atoms with Crippen LogP contribution in [0.3, 0.4) is 0 Å². The van der Waals surface area contributed by atoms with Crippen molar-refractivity contribution in [1.29, 1.82) is 0 Å². The molecule has 0 radical (unpaired) electrons. The Hall–Kier alpha value is -1.46. The first-order valence-electron chi connectivity index (χ1n) is 5.88. The molecular weight excluding hydrogens is 228 g/mol. The second-order valence-electron chi connectivity index (χ2n) is 3.66. The maximum Gasteiger partial charge on any atom is 0.508 e. The van der Waals surface area contributed by atoms with E-state index in [0.717, 1.165) is 25.7 Å². The van der Waals surface area contributed by atoms with Crippen LogP contribution in [0, 0.1) is 0 Å². The molecule has 1 heterocycles. The summed E-state index contributed by atoms with van der Waals surface area (Å²) in [5.41, 5.74) is 0. The van der Waals surface area contributed by atoms with E-state index >= 15 is 0 Å². The molecule has 0 bridgehead atoms. The quantitative estimate of drug-likeness (QED) is 0.610. The molecule has 0 aromatic rings. The summed E-state index contributed by atoms with van der Waals surface area (Å²) >= 11 is 0. The zero-order valence-electron chi connectivity index (χ0n) is 9.81. The van der Waals surface area contributed by atoms with E-state index in [1.54, 1.807) is 0 Å². The van der Waals surface area contributed by atoms with Crippen molar-refractivity contribution >= 4 is 12.3 Å². The molecule has 0 unspecified atom stereocenters. The van der Waals surface area contributed by atoms with Crippen molar-refractivity contribution in [3.63, 3.8) is 0 Å². The number of carbonyl (C=O) groups excluding carboxylic acids is 2. The van der Waals surface area contributed by atoms with Crippen molar-refractivity contribution < 1.29 is 28.5 Å². The van der Waals surface area contributed by atoms with Crippen LogP contribution in [0.1, 0.15) is 32.1 Å². The van der Waals surface area contributed by atoms with Crippen LogP contribution in [0.5, 0.6) is 0 Å². The summed E-state index contributed by atoms with van der Waals surface area (Å²) in [5.74, 6) is 0. The van der Waals surface area contributed by atoms with Crippen molar-refractivity contribution in [3.05, 3.63) is 0 Å². The third-order valence-electron chi connectivity index (χ3n) is 2.21. The Labute approximate surface area is 100 Å². The first kappa shape index (κ1) is 13.6. The number of ether oxygens (including phenoxy) is 4. The summed E-state index contributed by atoms with van der Waals surface area (Å²) in [6.45, 7) is 1.09. The van der Waals surface area contributed by atoms with E-state index in [4.69, 9.17) is 18.9 Å². The average Bonchev–Trinajstić information content (AvgIpc) is 2.31. The zero-order chi connectivity index (χ0) is 12.3. The highest BCUT2D eigenvalue weighted by Gasteiger charge is 2.06. The normalized spacial score (nSPS) is 20.9. The fraction of sp³-hybridized carbons (Fsp3) is 0.818. The first-order chi connectivity index (χ1) is 8.29. The lowest BCUT2D eigenvalue weighted by atomic mass is 10.2. The van der Waals surface area contributed by atoms with Gasteiger partial charge in [-0.15, -0.1) is 0 Å². The van der Waals surface area contributed by atoms with Crippen LogP contribution in [0.4, 0.5) is 9.59 Å². The van der Waals surface area contributed by atoms with Gasteiger partial charge in [-0.2, -0.15) is 0 Å². The third-order valence-corrected chi connectivity index (χ3v) is 2.21. The van der Waals surface area contributed by atoms with E-state index in [1.165, 1.54) is 0 Å². The van der Waals surface area contributed by atoms with E-state index in [-0.39, 0.29) is 13.2 Å². The van der Waals surface area contributed by atoms with Gasteiger partial charge < -0.3 is 18.9 Å². The van der Waals surface area contributed by atoms with Gasteiger partial charge in [0.25, 0.3) is 0 Å². The van der Waals surface area contributed by atoms with Crippen LogP contribution >= 0.6 is 0 Å². The van der Waals surface area contributed by atoms with Gasteiger partial charge in [-0.1, -0.05) is 0 Å². The van der Waals surface area contributed by atoms with Crippen molar-refractivity contribution in [2.24, 2.45) is 0 Å². The largest absolute Gasteiger partial charge is 0.508 e. The maximum absolute atomic E-state index is 11.0. The van der Waals surface area contributed by atoms with Crippen LogP contribution < -0.4 is 0 Å². The molecule has 0 saturated carbocycles. The van der Waals surface area contributed by atoms with Crippen molar-refractivity contribution in [3.8, 4) is 0 Å². The van der Waals surface area contributed by atoms with E-state index < -0.39 is 12.3 Å². The molecule has 17 heavy (non-hydrogen) atoms. The highest BCUT2D eigenvalue weighted by molar-refractivity contribution is 5.60. The Morgan fingerprint density at radius 3 is 1.29 bits per heavy atom. The molecule has 1 fully saturated rings.